The first kappa shape index (κ1) is 7.74. The van der Waals surface area contributed by atoms with Crippen molar-refractivity contribution in [2.75, 3.05) is 13.9 Å². The Balaban J connectivity index is 3.06. The van der Waals surface area contributed by atoms with Crippen LogP contribution >= 0.6 is 0 Å². The smallest absolute Gasteiger partial charge is 0.438 e. The molecule has 5 nitrogen and oxygen atoms in total. The molecule has 0 rings (SSSR count). The Kier molecular flexibility index (Phi) is 4.20. The van der Waals surface area contributed by atoms with Crippen LogP contribution in [0, 0.1) is 0 Å². The van der Waals surface area contributed by atoms with Crippen molar-refractivity contribution >= 4 is 12.6 Å². The van der Waals surface area contributed by atoms with Crippen molar-refractivity contribution < 1.29 is 23.8 Å². The quantitative estimate of drug-likeness (QED) is 0.233. The zero-order valence-electron chi connectivity index (χ0n) is 4.83. The van der Waals surface area contributed by atoms with Crippen LogP contribution in [-0.2, 0) is 19.0 Å². The topological polar surface area (TPSA) is 61.8 Å². The second-order valence-corrected chi connectivity index (χ2v) is 0.979. The van der Waals surface area contributed by atoms with Gasteiger partial charge in [0.25, 0.3) is 6.47 Å². The van der Waals surface area contributed by atoms with Gasteiger partial charge in [0.1, 0.15) is 0 Å². The fourth-order valence-corrected chi connectivity index (χ4v) is 0.169. The number of hydrogen-bond donors (Lipinski definition) is 0. The summed E-state index contributed by atoms with van der Waals surface area (Å²) in [6.07, 6.45) is -0.878. The van der Waals surface area contributed by atoms with Gasteiger partial charge in [-0.3, -0.25) is 4.79 Å². The van der Waals surface area contributed by atoms with E-state index >= 15 is 0 Å². The Morgan fingerprint density at radius 1 is 1.67 bits per heavy atom. The lowest BCUT2D eigenvalue weighted by Crippen LogP contribution is -2.06. The Morgan fingerprint density at radius 3 is 2.78 bits per heavy atom. The number of carbonyl (C=O) groups is 2. The molecule has 0 aliphatic heterocycles. The maximum Gasteiger partial charge on any atom is 0.510 e. The van der Waals surface area contributed by atoms with Crippen LogP contribution in [-0.4, -0.2) is 26.5 Å². The normalized spacial score (nSPS) is 7.67. The van der Waals surface area contributed by atoms with Crippen LogP contribution in [0.3, 0.4) is 0 Å². The van der Waals surface area contributed by atoms with Crippen LogP contribution in [0.4, 0.5) is 4.79 Å². The second-order valence-electron chi connectivity index (χ2n) is 0.979. The van der Waals surface area contributed by atoms with Crippen molar-refractivity contribution in [3.05, 3.63) is 0 Å². The summed E-state index contributed by atoms with van der Waals surface area (Å²) >= 11 is 0. The minimum absolute atomic E-state index is 0.170. The van der Waals surface area contributed by atoms with Crippen LogP contribution < -0.4 is 0 Å². The molecule has 0 unspecified atom stereocenters. The molecule has 0 aromatic carbocycles. The maximum absolute atomic E-state index is 10.0. The number of methoxy groups -OCH3 is 1. The van der Waals surface area contributed by atoms with E-state index in [1.807, 2.05) is 0 Å². The predicted molar refractivity (Wildman–Crippen MR) is 25.5 cm³/mol. The fourth-order valence-electron chi connectivity index (χ4n) is 0.169. The molecule has 5 heteroatoms. The highest BCUT2D eigenvalue weighted by atomic mass is 16.8. The third-order valence-electron chi connectivity index (χ3n) is 0.480. The van der Waals surface area contributed by atoms with Crippen molar-refractivity contribution in [1.82, 2.24) is 0 Å². The standard InChI is InChI=1S/C4H6O5/c1-7-4(6)9-3-8-2-5/h2H,3H2,1H3. The Hall–Kier alpha value is -1.26. The molecule has 0 atom stereocenters. The van der Waals surface area contributed by atoms with Gasteiger partial charge in [0.15, 0.2) is 0 Å². The van der Waals surface area contributed by atoms with Gasteiger partial charge in [-0.15, -0.1) is 0 Å². The average Bonchev–Trinajstić information content (AvgIpc) is 1.89. The van der Waals surface area contributed by atoms with Crippen molar-refractivity contribution in [2.45, 2.75) is 0 Å². The monoisotopic (exact) mass is 134 g/mol. The molecule has 0 fully saturated rings. The Morgan fingerprint density at radius 2 is 2.33 bits per heavy atom. The summed E-state index contributed by atoms with van der Waals surface area (Å²) in [7, 11) is 1.16. The summed E-state index contributed by atoms with van der Waals surface area (Å²) < 4.78 is 12.2. The van der Waals surface area contributed by atoms with Crippen molar-refractivity contribution in [3.8, 4) is 0 Å². The maximum atomic E-state index is 10.0. The highest BCUT2D eigenvalue weighted by Gasteiger charge is 1.96. The second kappa shape index (κ2) is 4.89. The molecular formula is C4H6O5. The van der Waals surface area contributed by atoms with Crippen LogP contribution in [0.1, 0.15) is 0 Å². The van der Waals surface area contributed by atoms with Gasteiger partial charge in [-0.25, -0.2) is 4.79 Å². The first-order valence-corrected chi connectivity index (χ1v) is 2.07. The Bertz CT molecular complexity index is 99.1. The van der Waals surface area contributed by atoms with Gasteiger partial charge in [0.2, 0.25) is 6.79 Å². The first-order chi connectivity index (χ1) is 4.31. The van der Waals surface area contributed by atoms with Crippen LogP contribution in [0.25, 0.3) is 0 Å². The molecule has 0 radical (unpaired) electrons. The lowest BCUT2D eigenvalue weighted by Gasteiger charge is -1.98. The van der Waals surface area contributed by atoms with Crippen LogP contribution in [0.2, 0.25) is 0 Å². The molecular weight excluding hydrogens is 128 g/mol. The summed E-state index contributed by atoms with van der Waals surface area (Å²) in [5, 5.41) is 0. The van der Waals surface area contributed by atoms with Gasteiger partial charge in [-0.2, -0.15) is 0 Å². The molecule has 0 heterocycles. The van der Waals surface area contributed by atoms with Crippen molar-refractivity contribution in [1.29, 1.82) is 0 Å². The third-order valence-corrected chi connectivity index (χ3v) is 0.480. The zero-order valence-corrected chi connectivity index (χ0v) is 4.83. The van der Waals surface area contributed by atoms with Gasteiger partial charge in [-0.05, 0) is 0 Å². The van der Waals surface area contributed by atoms with Crippen LogP contribution in [0.15, 0.2) is 0 Å². The highest BCUT2D eigenvalue weighted by molar-refractivity contribution is 5.59. The largest absolute Gasteiger partial charge is 0.510 e. The van der Waals surface area contributed by atoms with E-state index in [2.05, 4.69) is 14.2 Å². The molecule has 0 aromatic heterocycles. The predicted octanol–water partition coefficient (Wildman–Crippen LogP) is -0.100. The van der Waals surface area contributed by atoms with Gasteiger partial charge < -0.3 is 14.2 Å². The molecule has 0 saturated heterocycles. The molecule has 0 amide bonds. The van der Waals surface area contributed by atoms with E-state index in [9.17, 15) is 9.59 Å². The minimum atomic E-state index is -0.878. The number of rotatable bonds is 3. The number of carbonyl (C=O) groups excluding carboxylic acids is 2. The zero-order chi connectivity index (χ0) is 7.11. The van der Waals surface area contributed by atoms with E-state index in [4.69, 9.17) is 0 Å². The van der Waals surface area contributed by atoms with E-state index in [-0.39, 0.29) is 6.47 Å². The lowest BCUT2D eigenvalue weighted by molar-refractivity contribution is -0.137. The molecule has 0 aromatic rings. The Labute approximate surface area is 51.5 Å². The van der Waals surface area contributed by atoms with Gasteiger partial charge in [0, 0.05) is 0 Å². The van der Waals surface area contributed by atoms with Crippen LogP contribution in [0.5, 0.6) is 0 Å². The van der Waals surface area contributed by atoms with E-state index < -0.39 is 12.9 Å². The summed E-state index contributed by atoms with van der Waals surface area (Å²) in [5.41, 5.74) is 0. The molecule has 0 N–H and O–H groups in total. The number of ether oxygens (including phenoxy) is 3. The molecule has 0 aliphatic carbocycles. The first-order valence-electron chi connectivity index (χ1n) is 2.07. The highest BCUT2D eigenvalue weighted by Crippen LogP contribution is 1.80. The van der Waals surface area contributed by atoms with Crippen molar-refractivity contribution in [3.63, 3.8) is 0 Å². The molecule has 0 spiro atoms. The van der Waals surface area contributed by atoms with Gasteiger partial charge in [0.05, 0.1) is 7.11 Å². The minimum Gasteiger partial charge on any atom is -0.438 e. The average molecular weight is 134 g/mol. The molecule has 0 aliphatic rings. The van der Waals surface area contributed by atoms with Gasteiger partial charge in [-0.1, -0.05) is 0 Å². The van der Waals surface area contributed by atoms with Crippen molar-refractivity contribution in [2.24, 2.45) is 0 Å². The van der Waals surface area contributed by atoms with E-state index in [1.165, 1.54) is 0 Å². The summed E-state index contributed by atoms with van der Waals surface area (Å²) in [5.74, 6) is 0. The van der Waals surface area contributed by atoms with Gasteiger partial charge >= 0.3 is 6.16 Å². The number of hydrogen-bond acceptors (Lipinski definition) is 5. The summed E-state index contributed by atoms with van der Waals surface area (Å²) in [6.45, 7) is -0.237. The lowest BCUT2D eigenvalue weighted by atomic mass is 11.2. The third kappa shape index (κ3) is 4.60. The van der Waals surface area contributed by atoms with E-state index in [0.29, 0.717) is 0 Å². The summed E-state index contributed by atoms with van der Waals surface area (Å²) in [6, 6.07) is 0. The molecule has 9 heavy (non-hydrogen) atoms. The molecule has 0 bridgehead atoms. The molecule has 0 saturated carbocycles. The molecule has 52 valence electrons. The summed E-state index contributed by atoms with van der Waals surface area (Å²) in [4.78, 5) is 19.5. The van der Waals surface area contributed by atoms with E-state index in [0.717, 1.165) is 7.11 Å². The fraction of sp³-hybridized carbons (Fsp3) is 0.500. The SMILES string of the molecule is COC(=O)OCOC=O. The van der Waals surface area contributed by atoms with E-state index in [1.54, 1.807) is 0 Å².